The van der Waals surface area contributed by atoms with Crippen LogP contribution in [0, 0.1) is 20.8 Å². The summed E-state index contributed by atoms with van der Waals surface area (Å²) >= 11 is 0. The first kappa shape index (κ1) is 22.9. The number of rotatable bonds is 5. The summed E-state index contributed by atoms with van der Waals surface area (Å²) in [6, 6.07) is 4.75. The van der Waals surface area contributed by atoms with Crippen molar-refractivity contribution in [3.05, 3.63) is 62.8 Å². The maximum atomic E-state index is 13.5. The SMILES string of the molecule is Cc1nc(N[C@H](C)c2cccc(C(F)F)c2C)c2cn(C34CCN(CC3)CC4)c(=O)c(C)c2n1. The highest BCUT2D eigenvalue weighted by Gasteiger charge is 2.41. The quantitative estimate of drug-likeness (QED) is 0.571. The fourth-order valence-electron chi connectivity index (χ4n) is 5.75. The van der Waals surface area contributed by atoms with Gasteiger partial charge in [0.1, 0.15) is 11.6 Å². The molecule has 3 fully saturated rings. The zero-order valence-corrected chi connectivity index (χ0v) is 20.2. The Morgan fingerprint density at radius 1 is 1.00 bits per heavy atom. The Labute approximate surface area is 198 Å². The van der Waals surface area contributed by atoms with E-state index in [4.69, 9.17) is 0 Å². The standard InChI is InChI=1S/C26H31F2N5O/c1-15-19(6-5-7-20(15)23(27)28)17(3)29-24-21-14-33(26-8-11-32(12-9-26)13-10-26)25(34)16(2)22(21)30-18(4)31-24/h5-7,14,17,23H,8-13H2,1-4H3,(H,29,30,31)/t17-/m1/s1. The van der Waals surface area contributed by atoms with Crippen molar-refractivity contribution in [2.45, 2.75) is 65.0 Å². The van der Waals surface area contributed by atoms with Crippen molar-refractivity contribution in [1.29, 1.82) is 0 Å². The van der Waals surface area contributed by atoms with Gasteiger partial charge in [0.15, 0.2) is 0 Å². The highest BCUT2D eigenvalue weighted by molar-refractivity contribution is 5.90. The largest absolute Gasteiger partial charge is 0.363 e. The molecule has 5 heterocycles. The summed E-state index contributed by atoms with van der Waals surface area (Å²) in [5.74, 6) is 1.18. The molecule has 3 aliphatic heterocycles. The van der Waals surface area contributed by atoms with Crippen LogP contribution in [0.4, 0.5) is 14.6 Å². The first-order valence-corrected chi connectivity index (χ1v) is 12.0. The van der Waals surface area contributed by atoms with Crippen LogP contribution >= 0.6 is 0 Å². The zero-order chi connectivity index (χ0) is 24.2. The molecule has 0 aliphatic carbocycles. The summed E-state index contributed by atoms with van der Waals surface area (Å²) in [5, 5.41) is 4.24. The average Bonchev–Trinajstić information content (AvgIpc) is 2.82. The summed E-state index contributed by atoms with van der Waals surface area (Å²) in [6.45, 7) is 10.3. The Bertz CT molecular complexity index is 1300. The molecule has 1 N–H and O–H groups in total. The normalized spacial score (nSPS) is 23.0. The smallest absolute Gasteiger partial charge is 0.264 e. The van der Waals surface area contributed by atoms with Crippen molar-refractivity contribution in [3.63, 3.8) is 0 Å². The third-order valence-corrected chi connectivity index (χ3v) is 7.87. The zero-order valence-electron chi connectivity index (χ0n) is 20.2. The van der Waals surface area contributed by atoms with E-state index < -0.39 is 6.43 Å². The van der Waals surface area contributed by atoms with Crippen molar-refractivity contribution in [3.8, 4) is 0 Å². The Morgan fingerprint density at radius 3 is 2.29 bits per heavy atom. The first-order chi connectivity index (χ1) is 16.2. The minimum atomic E-state index is -2.52. The van der Waals surface area contributed by atoms with Gasteiger partial charge in [-0.25, -0.2) is 18.7 Å². The lowest BCUT2D eigenvalue weighted by Gasteiger charge is -2.49. The molecule has 8 heteroatoms. The lowest BCUT2D eigenvalue weighted by molar-refractivity contribution is 0.0327. The molecule has 0 amide bonds. The highest BCUT2D eigenvalue weighted by Crippen LogP contribution is 2.39. The van der Waals surface area contributed by atoms with Crippen molar-refractivity contribution in [2.24, 2.45) is 0 Å². The van der Waals surface area contributed by atoms with E-state index in [1.165, 1.54) is 6.07 Å². The maximum Gasteiger partial charge on any atom is 0.264 e. The van der Waals surface area contributed by atoms with Crippen LogP contribution in [0.15, 0.2) is 29.2 Å². The Balaban J connectivity index is 1.61. The predicted octanol–water partition coefficient (Wildman–Crippen LogP) is 5.02. The number of piperidine rings is 3. The van der Waals surface area contributed by atoms with Gasteiger partial charge in [0, 0.05) is 37.0 Å². The minimum absolute atomic E-state index is 0.0143. The molecule has 3 aromatic rings. The molecule has 6 rings (SSSR count). The summed E-state index contributed by atoms with van der Waals surface area (Å²) in [7, 11) is 0. The Hall–Kier alpha value is -2.87. The van der Waals surface area contributed by atoms with Gasteiger partial charge in [-0.1, -0.05) is 18.2 Å². The van der Waals surface area contributed by atoms with Crippen LogP contribution in [0.3, 0.4) is 0 Å². The molecule has 0 spiro atoms. The minimum Gasteiger partial charge on any atom is -0.363 e. The molecule has 34 heavy (non-hydrogen) atoms. The van der Waals surface area contributed by atoms with Crippen LogP contribution in [-0.2, 0) is 5.54 Å². The predicted molar refractivity (Wildman–Crippen MR) is 130 cm³/mol. The number of fused-ring (bicyclic) bond motifs is 4. The number of nitrogens with zero attached hydrogens (tertiary/aromatic N) is 4. The average molecular weight is 468 g/mol. The van der Waals surface area contributed by atoms with Gasteiger partial charge in [0.25, 0.3) is 12.0 Å². The molecule has 6 nitrogen and oxygen atoms in total. The topological polar surface area (TPSA) is 63.1 Å². The van der Waals surface area contributed by atoms with Gasteiger partial charge in [-0.15, -0.1) is 0 Å². The maximum absolute atomic E-state index is 13.5. The highest BCUT2D eigenvalue weighted by atomic mass is 19.3. The fraction of sp³-hybridized carbons (Fsp3) is 0.500. The summed E-state index contributed by atoms with van der Waals surface area (Å²) in [5.41, 5.74) is 2.53. The molecular weight excluding hydrogens is 436 g/mol. The number of hydrogen-bond acceptors (Lipinski definition) is 5. The van der Waals surface area contributed by atoms with Gasteiger partial charge in [-0.2, -0.15) is 0 Å². The lowest BCUT2D eigenvalue weighted by atomic mass is 9.79. The number of benzene rings is 1. The van der Waals surface area contributed by atoms with Crippen LogP contribution in [0.1, 0.15) is 66.7 Å². The van der Waals surface area contributed by atoms with Gasteiger partial charge >= 0.3 is 0 Å². The van der Waals surface area contributed by atoms with Crippen molar-refractivity contribution >= 4 is 16.7 Å². The summed E-state index contributed by atoms with van der Waals surface area (Å²) in [6.07, 6.45) is 2.30. The molecule has 2 bridgehead atoms. The number of alkyl halides is 2. The van der Waals surface area contributed by atoms with Crippen LogP contribution < -0.4 is 10.9 Å². The van der Waals surface area contributed by atoms with Gasteiger partial charge in [0.05, 0.1) is 22.5 Å². The molecular formula is C26H31F2N5O. The van der Waals surface area contributed by atoms with Gasteiger partial charge < -0.3 is 14.8 Å². The van der Waals surface area contributed by atoms with Crippen LogP contribution in [-0.4, -0.2) is 39.1 Å². The van der Waals surface area contributed by atoms with E-state index in [0.717, 1.165) is 49.8 Å². The molecule has 1 aromatic carbocycles. The van der Waals surface area contributed by atoms with E-state index in [2.05, 4.69) is 20.2 Å². The fourth-order valence-corrected chi connectivity index (χ4v) is 5.75. The molecule has 3 aliphatic rings. The number of aryl methyl sites for hydroxylation is 2. The van der Waals surface area contributed by atoms with E-state index >= 15 is 0 Å². The molecule has 0 radical (unpaired) electrons. The number of aromatic nitrogens is 3. The van der Waals surface area contributed by atoms with E-state index in [1.54, 1.807) is 19.9 Å². The second kappa shape index (κ2) is 8.41. The van der Waals surface area contributed by atoms with Crippen LogP contribution in [0.2, 0.25) is 0 Å². The lowest BCUT2D eigenvalue weighted by Crippen LogP contribution is -2.56. The second-order valence-electron chi connectivity index (χ2n) is 9.86. The summed E-state index contributed by atoms with van der Waals surface area (Å²) < 4.78 is 28.9. The molecule has 180 valence electrons. The molecule has 1 atom stereocenters. The third kappa shape index (κ3) is 3.68. The number of hydrogen-bond donors (Lipinski definition) is 1. The van der Waals surface area contributed by atoms with E-state index in [9.17, 15) is 13.6 Å². The van der Waals surface area contributed by atoms with Crippen molar-refractivity contribution in [2.75, 3.05) is 25.0 Å². The Morgan fingerprint density at radius 2 is 1.65 bits per heavy atom. The summed E-state index contributed by atoms with van der Waals surface area (Å²) in [4.78, 5) is 25.2. The van der Waals surface area contributed by atoms with E-state index in [0.29, 0.717) is 28.3 Å². The molecule has 0 saturated carbocycles. The van der Waals surface area contributed by atoms with Crippen LogP contribution in [0.5, 0.6) is 0 Å². The molecule has 2 aromatic heterocycles. The monoisotopic (exact) mass is 467 g/mol. The van der Waals surface area contributed by atoms with Gasteiger partial charge in [0.2, 0.25) is 0 Å². The number of anilines is 1. The second-order valence-corrected chi connectivity index (χ2v) is 9.86. The van der Waals surface area contributed by atoms with Crippen LogP contribution in [0.25, 0.3) is 10.9 Å². The van der Waals surface area contributed by atoms with Crippen molar-refractivity contribution in [1.82, 2.24) is 19.4 Å². The number of pyridine rings is 1. The van der Waals surface area contributed by atoms with E-state index in [1.807, 2.05) is 30.7 Å². The molecule has 3 saturated heterocycles. The van der Waals surface area contributed by atoms with Gasteiger partial charge in [-0.3, -0.25) is 4.79 Å². The third-order valence-electron chi connectivity index (χ3n) is 7.87. The number of nitrogens with one attached hydrogen (secondary N) is 1. The van der Waals surface area contributed by atoms with Gasteiger partial charge in [-0.05, 0) is 58.1 Å². The molecule has 0 unspecified atom stereocenters. The van der Waals surface area contributed by atoms with Crippen molar-refractivity contribution < 1.29 is 8.78 Å². The van der Waals surface area contributed by atoms with E-state index in [-0.39, 0.29) is 22.7 Å². The first-order valence-electron chi connectivity index (χ1n) is 12.0. The Kier molecular flexibility index (Phi) is 5.67. The number of halogens is 2.